The van der Waals surface area contributed by atoms with Gasteiger partial charge in [-0.25, -0.2) is 0 Å². The van der Waals surface area contributed by atoms with Crippen LogP contribution in [-0.2, 0) is 4.79 Å². The van der Waals surface area contributed by atoms with Gasteiger partial charge >= 0.3 is 0 Å². The molecule has 2 nitrogen and oxygen atoms in total. The van der Waals surface area contributed by atoms with E-state index in [9.17, 15) is 4.79 Å². The van der Waals surface area contributed by atoms with Crippen LogP contribution in [0, 0.1) is 11.8 Å². The van der Waals surface area contributed by atoms with Crippen LogP contribution in [0.1, 0.15) is 19.8 Å². The molecule has 1 heterocycles. The maximum absolute atomic E-state index is 10.8. The third kappa shape index (κ3) is 2.40. The maximum Gasteiger partial charge on any atom is 0.220 e. The van der Waals surface area contributed by atoms with Gasteiger partial charge in [0.15, 0.2) is 0 Å². The monoisotopic (exact) mass is 173 g/mol. The van der Waals surface area contributed by atoms with Gasteiger partial charge in [-0.15, -0.1) is 0 Å². The topological polar surface area (TPSA) is 43.1 Å². The summed E-state index contributed by atoms with van der Waals surface area (Å²) in [5.74, 6) is 2.83. The molecule has 0 spiro atoms. The molecule has 3 heteroatoms. The smallest absolute Gasteiger partial charge is 0.220 e. The lowest BCUT2D eigenvalue weighted by Gasteiger charge is -2.24. The van der Waals surface area contributed by atoms with E-state index >= 15 is 0 Å². The molecule has 0 saturated carbocycles. The van der Waals surface area contributed by atoms with Crippen LogP contribution in [0.4, 0.5) is 0 Å². The van der Waals surface area contributed by atoms with E-state index in [-0.39, 0.29) is 11.8 Å². The molecule has 0 bridgehead atoms. The molecule has 1 aliphatic rings. The van der Waals surface area contributed by atoms with Crippen LogP contribution < -0.4 is 5.73 Å². The number of nitrogens with two attached hydrogens (primary N) is 1. The van der Waals surface area contributed by atoms with Crippen LogP contribution in [0.15, 0.2) is 0 Å². The lowest BCUT2D eigenvalue weighted by atomic mass is 9.91. The van der Waals surface area contributed by atoms with Crippen LogP contribution in [0.5, 0.6) is 0 Å². The van der Waals surface area contributed by atoms with Gasteiger partial charge in [-0.05, 0) is 30.3 Å². The third-order valence-electron chi connectivity index (χ3n) is 2.35. The number of primary amides is 1. The molecule has 0 radical (unpaired) electrons. The van der Waals surface area contributed by atoms with Crippen molar-refractivity contribution in [1.82, 2.24) is 0 Å². The standard InChI is InChI=1S/C8H15NOS/c1-6(8(9)10)7-3-2-4-11-5-7/h6-7H,2-5H2,1H3,(H2,9,10)/t6-,7?/m1/s1. The Kier molecular flexibility index (Phi) is 3.24. The molecule has 1 unspecified atom stereocenters. The zero-order valence-electron chi connectivity index (χ0n) is 6.88. The van der Waals surface area contributed by atoms with E-state index in [1.54, 1.807) is 0 Å². The second-order valence-corrected chi connectivity index (χ2v) is 4.32. The summed E-state index contributed by atoms with van der Waals surface area (Å²) in [6, 6.07) is 0. The second kappa shape index (κ2) is 4.00. The van der Waals surface area contributed by atoms with E-state index in [4.69, 9.17) is 5.73 Å². The fraction of sp³-hybridized carbons (Fsp3) is 0.875. The van der Waals surface area contributed by atoms with Crippen molar-refractivity contribution >= 4 is 17.7 Å². The van der Waals surface area contributed by atoms with E-state index in [2.05, 4.69) is 0 Å². The number of carbonyl (C=O) groups excluding carboxylic acids is 1. The number of hydrogen-bond donors (Lipinski definition) is 1. The van der Waals surface area contributed by atoms with Crippen molar-refractivity contribution in [3.8, 4) is 0 Å². The quantitative estimate of drug-likeness (QED) is 0.683. The highest BCUT2D eigenvalue weighted by molar-refractivity contribution is 7.99. The molecule has 0 aromatic heterocycles. The fourth-order valence-electron chi connectivity index (χ4n) is 1.39. The third-order valence-corrected chi connectivity index (χ3v) is 3.59. The predicted molar refractivity (Wildman–Crippen MR) is 48.4 cm³/mol. The first-order valence-corrected chi connectivity index (χ1v) is 5.24. The second-order valence-electron chi connectivity index (χ2n) is 3.17. The van der Waals surface area contributed by atoms with Crippen LogP contribution in [-0.4, -0.2) is 17.4 Å². The lowest BCUT2D eigenvalue weighted by Crippen LogP contribution is -2.30. The van der Waals surface area contributed by atoms with Crippen molar-refractivity contribution < 1.29 is 4.79 Å². The Hall–Kier alpha value is -0.180. The van der Waals surface area contributed by atoms with E-state index in [1.165, 1.54) is 18.6 Å². The van der Waals surface area contributed by atoms with Crippen molar-refractivity contribution in [1.29, 1.82) is 0 Å². The number of carbonyl (C=O) groups is 1. The molecule has 64 valence electrons. The summed E-state index contributed by atoms with van der Waals surface area (Å²) in [6.07, 6.45) is 2.42. The average molecular weight is 173 g/mol. The molecular weight excluding hydrogens is 158 g/mol. The van der Waals surface area contributed by atoms with E-state index in [0.29, 0.717) is 5.92 Å². The molecule has 0 aromatic carbocycles. The van der Waals surface area contributed by atoms with Gasteiger partial charge in [0.25, 0.3) is 0 Å². The van der Waals surface area contributed by atoms with Gasteiger partial charge in [0.05, 0.1) is 0 Å². The van der Waals surface area contributed by atoms with Crippen molar-refractivity contribution in [2.24, 2.45) is 17.6 Å². The summed E-state index contributed by atoms with van der Waals surface area (Å²) in [5, 5.41) is 0. The molecule has 1 saturated heterocycles. The Morgan fingerprint density at radius 2 is 2.45 bits per heavy atom. The van der Waals surface area contributed by atoms with E-state index in [1.807, 2.05) is 18.7 Å². The highest BCUT2D eigenvalue weighted by Gasteiger charge is 2.23. The Morgan fingerprint density at radius 1 is 1.73 bits per heavy atom. The zero-order chi connectivity index (χ0) is 8.27. The largest absolute Gasteiger partial charge is 0.369 e. The van der Waals surface area contributed by atoms with Crippen molar-refractivity contribution in [2.75, 3.05) is 11.5 Å². The molecule has 11 heavy (non-hydrogen) atoms. The van der Waals surface area contributed by atoms with Crippen LogP contribution in [0.3, 0.4) is 0 Å². The molecule has 1 rings (SSSR count). The summed E-state index contributed by atoms with van der Waals surface area (Å²) >= 11 is 1.94. The highest BCUT2D eigenvalue weighted by Crippen LogP contribution is 2.28. The first-order valence-electron chi connectivity index (χ1n) is 4.09. The van der Waals surface area contributed by atoms with Crippen LogP contribution in [0.25, 0.3) is 0 Å². The summed E-state index contributed by atoms with van der Waals surface area (Å²) in [6.45, 7) is 1.94. The molecule has 1 fully saturated rings. The van der Waals surface area contributed by atoms with Gasteiger partial charge in [-0.2, -0.15) is 11.8 Å². The van der Waals surface area contributed by atoms with Crippen molar-refractivity contribution in [3.05, 3.63) is 0 Å². The first kappa shape index (κ1) is 8.91. The summed E-state index contributed by atoms with van der Waals surface area (Å²) in [7, 11) is 0. The van der Waals surface area contributed by atoms with Gasteiger partial charge in [0.1, 0.15) is 0 Å². The summed E-state index contributed by atoms with van der Waals surface area (Å²) in [5.41, 5.74) is 5.22. The highest BCUT2D eigenvalue weighted by atomic mass is 32.2. The van der Waals surface area contributed by atoms with Gasteiger partial charge < -0.3 is 5.73 Å². The van der Waals surface area contributed by atoms with Gasteiger partial charge in [0.2, 0.25) is 5.91 Å². The molecule has 2 atom stereocenters. The SMILES string of the molecule is C[C@@H](C(N)=O)C1CCCSC1. The summed E-state index contributed by atoms with van der Waals surface area (Å²) in [4.78, 5) is 10.8. The van der Waals surface area contributed by atoms with E-state index in [0.717, 1.165) is 5.75 Å². The Morgan fingerprint density at radius 3 is 2.91 bits per heavy atom. The minimum atomic E-state index is -0.141. The van der Waals surface area contributed by atoms with Crippen molar-refractivity contribution in [2.45, 2.75) is 19.8 Å². The Balaban J connectivity index is 2.38. The molecule has 1 amide bonds. The lowest BCUT2D eigenvalue weighted by molar-refractivity contribution is -0.122. The number of rotatable bonds is 2. The molecule has 0 aliphatic carbocycles. The Bertz CT molecular complexity index is 143. The minimum absolute atomic E-state index is 0.0720. The van der Waals surface area contributed by atoms with Crippen molar-refractivity contribution in [3.63, 3.8) is 0 Å². The van der Waals surface area contributed by atoms with Gasteiger partial charge in [-0.1, -0.05) is 6.92 Å². The average Bonchev–Trinajstić information content (AvgIpc) is 2.05. The van der Waals surface area contributed by atoms with E-state index < -0.39 is 0 Å². The van der Waals surface area contributed by atoms with Gasteiger partial charge in [-0.3, -0.25) is 4.79 Å². The number of thioether (sulfide) groups is 1. The predicted octanol–water partition coefficient (Wildman–Crippen LogP) is 1.25. The molecular formula is C8H15NOS. The molecule has 2 N–H and O–H groups in total. The van der Waals surface area contributed by atoms with Gasteiger partial charge in [0, 0.05) is 5.92 Å². The van der Waals surface area contributed by atoms with Crippen LogP contribution in [0.2, 0.25) is 0 Å². The Labute approximate surface area is 71.9 Å². The first-order chi connectivity index (χ1) is 5.22. The minimum Gasteiger partial charge on any atom is -0.369 e. The maximum atomic E-state index is 10.8. The zero-order valence-corrected chi connectivity index (χ0v) is 7.69. The normalized spacial score (nSPS) is 27.9. The summed E-state index contributed by atoms with van der Waals surface area (Å²) < 4.78 is 0. The number of hydrogen-bond acceptors (Lipinski definition) is 2. The van der Waals surface area contributed by atoms with Crippen LogP contribution >= 0.6 is 11.8 Å². The number of amides is 1. The fourth-order valence-corrected chi connectivity index (χ4v) is 2.69. The molecule has 1 aliphatic heterocycles. The molecule has 0 aromatic rings.